The molecule has 0 fully saturated rings. The molecule has 1 aromatic carbocycles. The fraction of sp³-hybridized carbons (Fsp3) is 0.217. The maximum Gasteiger partial charge on any atom is 0.331 e. The van der Waals surface area contributed by atoms with Crippen molar-refractivity contribution in [1.29, 1.82) is 0 Å². The third-order valence-electron chi connectivity index (χ3n) is 5.10. The van der Waals surface area contributed by atoms with Crippen molar-refractivity contribution < 1.29 is 18.3 Å². The van der Waals surface area contributed by atoms with Crippen molar-refractivity contribution in [3.05, 3.63) is 88.5 Å². The fourth-order valence-corrected chi connectivity index (χ4v) is 4.54. The lowest BCUT2D eigenvalue weighted by Crippen LogP contribution is -2.26. The summed E-state index contributed by atoms with van der Waals surface area (Å²) in [5, 5.41) is 9.64. The zero-order valence-electron chi connectivity index (χ0n) is 17.7. The Labute approximate surface area is 192 Å². The highest BCUT2D eigenvalue weighted by atomic mass is 35.5. The van der Waals surface area contributed by atoms with Gasteiger partial charge in [0.15, 0.2) is 0 Å². The molecule has 9 heteroatoms. The molecule has 2 heterocycles. The molecule has 7 nitrogen and oxygen atoms in total. The van der Waals surface area contributed by atoms with Crippen LogP contribution in [-0.2, 0) is 21.9 Å². The number of rotatable bonds is 9. The predicted octanol–water partition coefficient (Wildman–Crippen LogP) is 4.06. The largest absolute Gasteiger partial charge is 0.478 e. The summed E-state index contributed by atoms with van der Waals surface area (Å²) in [6.07, 6.45) is 7.45. The minimum atomic E-state index is -3.67. The third-order valence-corrected chi connectivity index (χ3v) is 6.83. The molecule has 3 rings (SSSR count). The summed E-state index contributed by atoms with van der Waals surface area (Å²) in [4.78, 5) is 15.5. The Kier molecular flexibility index (Phi) is 7.50. The summed E-state index contributed by atoms with van der Waals surface area (Å²) in [7, 11) is -1.83. The molecule has 1 unspecified atom stereocenters. The molecule has 2 N–H and O–H groups in total. The molecule has 168 valence electrons. The topological polar surface area (TPSA) is 101 Å². The zero-order valence-corrected chi connectivity index (χ0v) is 19.3. The second-order valence-corrected chi connectivity index (χ2v) is 9.62. The highest BCUT2D eigenvalue weighted by Gasteiger charge is 2.20. The van der Waals surface area contributed by atoms with E-state index < -0.39 is 16.0 Å². The number of nitrogens with one attached hydrogen (secondary N) is 1. The minimum absolute atomic E-state index is 0.130. The van der Waals surface area contributed by atoms with Crippen molar-refractivity contribution in [1.82, 2.24) is 14.3 Å². The van der Waals surface area contributed by atoms with Gasteiger partial charge in [-0.05, 0) is 66.9 Å². The van der Waals surface area contributed by atoms with Crippen molar-refractivity contribution in [2.75, 3.05) is 6.54 Å². The number of pyridine rings is 1. The highest BCUT2D eigenvalue weighted by molar-refractivity contribution is 7.89. The molecular formula is C23H24ClN3O4S. The fourth-order valence-electron chi connectivity index (χ4n) is 3.37. The van der Waals surface area contributed by atoms with E-state index in [0.29, 0.717) is 11.4 Å². The van der Waals surface area contributed by atoms with E-state index in [2.05, 4.69) is 9.71 Å². The number of hydrogen-bond acceptors (Lipinski definition) is 4. The number of aryl methyl sites for hydroxylation is 1. The van der Waals surface area contributed by atoms with E-state index in [-0.39, 0.29) is 22.9 Å². The van der Waals surface area contributed by atoms with Gasteiger partial charge in [-0.2, -0.15) is 0 Å². The molecule has 0 spiro atoms. The number of carbonyl (C=O) groups is 1. The Hall–Kier alpha value is -2.94. The number of sulfonamides is 1. The molecule has 0 aliphatic heterocycles. The summed E-state index contributed by atoms with van der Waals surface area (Å²) >= 11 is 5.85. The van der Waals surface area contributed by atoms with Gasteiger partial charge in [-0.15, -0.1) is 0 Å². The van der Waals surface area contributed by atoms with Crippen molar-refractivity contribution in [3.8, 4) is 0 Å². The van der Waals surface area contributed by atoms with E-state index in [1.165, 1.54) is 24.3 Å². The van der Waals surface area contributed by atoms with Crippen LogP contribution in [0.15, 0.2) is 71.5 Å². The van der Waals surface area contributed by atoms with E-state index in [0.717, 1.165) is 16.8 Å². The summed E-state index contributed by atoms with van der Waals surface area (Å²) in [5.41, 5.74) is 2.85. The van der Waals surface area contributed by atoms with Gasteiger partial charge in [-0.1, -0.05) is 17.7 Å². The van der Waals surface area contributed by atoms with Gasteiger partial charge < -0.3 is 9.67 Å². The maximum atomic E-state index is 12.6. The lowest BCUT2D eigenvalue weighted by atomic mass is 9.91. The standard InChI is InChI=1S/C23H24ClN3O4S/c1-16(23(28)29)12-20-13-18(15-27(20)2)22(17-4-3-10-25-14-17)9-11-26-32(30,31)21-7-5-19(24)6-8-21/h3-8,10,12-15,22,26H,9,11H2,1-2H3,(H,28,29). The van der Waals surface area contributed by atoms with Gasteiger partial charge in [0.05, 0.1) is 4.90 Å². The van der Waals surface area contributed by atoms with E-state index in [1.54, 1.807) is 25.4 Å². The molecule has 3 aromatic rings. The molecule has 1 atom stereocenters. The lowest BCUT2D eigenvalue weighted by Gasteiger charge is -2.16. The first-order valence-corrected chi connectivity index (χ1v) is 11.8. The van der Waals surface area contributed by atoms with Gasteiger partial charge in [0.25, 0.3) is 0 Å². The number of benzene rings is 1. The quantitative estimate of drug-likeness (QED) is 0.456. The van der Waals surface area contributed by atoms with Crippen molar-refractivity contribution in [2.24, 2.45) is 7.05 Å². The van der Waals surface area contributed by atoms with E-state index in [9.17, 15) is 18.3 Å². The van der Waals surface area contributed by atoms with Crippen LogP contribution >= 0.6 is 11.6 Å². The van der Waals surface area contributed by atoms with Crippen LogP contribution in [0.4, 0.5) is 0 Å². The molecule has 0 saturated heterocycles. The first-order valence-electron chi connectivity index (χ1n) is 9.90. The second kappa shape index (κ2) is 10.1. The van der Waals surface area contributed by atoms with E-state index in [1.807, 2.05) is 36.0 Å². The van der Waals surface area contributed by atoms with Gasteiger partial charge in [0.2, 0.25) is 10.0 Å². The van der Waals surface area contributed by atoms with Gasteiger partial charge in [-0.25, -0.2) is 17.9 Å². The smallest absolute Gasteiger partial charge is 0.331 e. The Morgan fingerprint density at radius 2 is 1.97 bits per heavy atom. The first-order chi connectivity index (χ1) is 15.2. The molecule has 0 bridgehead atoms. The van der Waals surface area contributed by atoms with Crippen molar-refractivity contribution in [2.45, 2.75) is 24.2 Å². The molecule has 0 aliphatic rings. The highest BCUT2D eigenvalue weighted by Crippen LogP contribution is 2.29. The summed E-state index contributed by atoms with van der Waals surface area (Å²) < 4.78 is 29.7. The third kappa shape index (κ3) is 5.85. The SMILES string of the molecule is CC(=Cc1cc(C(CCNS(=O)(=O)c2ccc(Cl)cc2)c2cccnc2)cn1C)C(=O)O. The molecule has 0 amide bonds. The summed E-state index contributed by atoms with van der Waals surface area (Å²) in [6, 6.07) is 11.7. The first kappa shape index (κ1) is 23.7. The van der Waals surface area contributed by atoms with Gasteiger partial charge >= 0.3 is 5.97 Å². The van der Waals surface area contributed by atoms with Crippen LogP contribution in [0.25, 0.3) is 6.08 Å². The van der Waals surface area contributed by atoms with Crippen LogP contribution in [0.5, 0.6) is 0 Å². The zero-order chi connectivity index (χ0) is 23.3. The predicted molar refractivity (Wildman–Crippen MR) is 124 cm³/mol. The molecule has 32 heavy (non-hydrogen) atoms. The summed E-state index contributed by atoms with van der Waals surface area (Å²) in [5.74, 6) is -1.11. The monoisotopic (exact) mass is 473 g/mol. The van der Waals surface area contributed by atoms with Crippen LogP contribution in [0.3, 0.4) is 0 Å². The van der Waals surface area contributed by atoms with E-state index in [4.69, 9.17) is 11.6 Å². The minimum Gasteiger partial charge on any atom is -0.478 e. The number of aliphatic carboxylic acids is 1. The lowest BCUT2D eigenvalue weighted by molar-refractivity contribution is -0.132. The molecule has 0 radical (unpaired) electrons. The molecule has 0 saturated carbocycles. The van der Waals surface area contributed by atoms with Crippen LogP contribution in [-0.4, -0.2) is 35.6 Å². The Morgan fingerprint density at radius 1 is 1.25 bits per heavy atom. The second-order valence-electron chi connectivity index (χ2n) is 7.42. The Balaban J connectivity index is 1.83. The van der Waals surface area contributed by atoms with Crippen LogP contribution in [0.2, 0.25) is 5.02 Å². The molecule has 0 aliphatic carbocycles. The van der Waals surface area contributed by atoms with Crippen molar-refractivity contribution in [3.63, 3.8) is 0 Å². The van der Waals surface area contributed by atoms with Crippen LogP contribution in [0, 0.1) is 0 Å². The number of carboxylic acids is 1. The maximum absolute atomic E-state index is 12.6. The van der Waals surface area contributed by atoms with Crippen LogP contribution in [0.1, 0.15) is 36.1 Å². The average Bonchev–Trinajstić information content (AvgIpc) is 3.11. The van der Waals surface area contributed by atoms with E-state index >= 15 is 0 Å². The van der Waals surface area contributed by atoms with Gasteiger partial charge in [-0.3, -0.25) is 4.98 Å². The number of hydrogen-bond donors (Lipinski definition) is 2. The summed E-state index contributed by atoms with van der Waals surface area (Å²) in [6.45, 7) is 1.75. The Bertz CT molecular complexity index is 1220. The number of halogens is 1. The van der Waals surface area contributed by atoms with Crippen molar-refractivity contribution >= 4 is 33.7 Å². The molecule has 2 aromatic heterocycles. The number of nitrogens with zero attached hydrogens (tertiary/aromatic N) is 2. The Morgan fingerprint density at radius 3 is 2.59 bits per heavy atom. The average molecular weight is 474 g/mol. The number of aromatic nitrogens is 2. The number of carboxylic acid groups (broad SMARTS) is 1. The van der Waals surface area contributed by atoms with Crippen LogP contribution < -0.4 is 4.72 Å². The van der Waals surface area contributed by atoms with Gasteiger partial charge in [0.1, 0.15) is 0 Å². The normalized spacial score (nSPS) is 13.2. The molecular weight excluding hydrogens is 450 g/mol. The van der Waals surface area contributed by atoms with Gasteiger partial charge in [0, 0.05) is 54.4 Å².